The molecule has 4 rings (SSSR count). The van der Waals surface area contributed by atoms with Gasteiger partial charge >= 0.3 is 0 Å². The fourth-order valence-corrected chi connectivity index (χ4v) is 2.99. The molecule has 4 heteroatoms. The Kier molecular flexibility index (Phi) is 3.39. The van der Waals surface area contributed by atoms with Gasteiger partial charge in [0.05, 0.1) is 5.56 Å². The standard InChI is InChI=1S/C17H21N3O/c1-2-6-13(7-3-1)16-15(12-18-14-8-9-14)17(21-19-16)20-10-4-5-11-20/h1-3,6-7,14,18H,4-5,8-12H2. The zero-order valence-corrected chi connectivity index (χ0v) is 12.2. The van der Waals surface area contributed by atoms with E-state index in [0.717, 1.165) is 36.8 Å². The predicted octanol–water partition coefficient (Wildman–Crippen LogP) is 3.19. The molecule has 0 bridgehead atoms. The summed E-state index contributed by atoms with van der Waals surface area (Å²) in [4.78, 5) is 2.34. The number of rotatable bonds is 5. The van der Waals surface area contributed by atoms with Crippen molar-refractivity contribution in [3.05, 3.63) is 35.9 Å². The summed E-state index contributed by atoms with van der Waals surface area (Å²) in [6, 6.07) is 11.0. The zero-order valence-electron chi connectivity index (χ0n) is 12.2. The topological polar surface area (TPSA) is 41.3 Å². The molecule has 0 amide bonds. The van der Waals surface area contributed by atoms with Crippen LogP contribution in [0.2, 0.25) is 0 Å². The predicted molar refractivity (Wildman–Crippen MR) is 83.2 cm³/mol. The number of anilines is 1. The fraction of sp³-hybridized carbons (Fsp3) is 0.471. The number of hydrogen-bond acceptors (Lipinski definition) is 4. The molecule has 1 N–H and O–H groups in total. The molecule has 2 aliphatic rings. The Labute approximate surface area is 125 Å². The highest BCUT2D eigenvalue weighted by atomic mass is 16.5. The second-order valence-electron chi connectivity index (χ2n) is 6.03. The fourth-order valence-electron chi connectivity index (χ4n) is 2.99. The van der Waals surface area contributed by atoms with E-state index in [1.807, 2.05) is 6.07 Å². The van der Waals surface area contributed by atoms with Crippen molar-refractivity contribution in [3.8, 4) is 11.3 Å². The average Bonchev–Trinajstić information content (AvgIpc) is 3.03. The lowest BCUT2D eigenvalue weighted by Crippen LogP contribution is -2.21. The lowest BCUT2D eigenvalue weighted by atomic mass is 10.1. The van der Waals surface area contributed by atoms with E-state index in [9.17, 15) is 0 Å². The van der Waals surface area contributed by atoms with Gasteiger partial charge in [0.2, 0.25) is 5.88 Å². The van der Waals surface area contributed by atoms with Gasteiger partial charge in [0.1, 0.15) is 5.69 Å². The molecule has 4 nitrogen and oxygen atoms in total. The first kappa shape index (κ1) is 12.9. The van der Waals surface area contributed by atoms with Crippen LogP contribution in [0.25, 0.3) is 11.3 Å². The molecule has 2 fully saturated rings. The minimum absolute atomic E-state index is 0.690. The van der Waals surface area contributed by atoms with Crippen LogP contribution in [-0.2, 0) is 6.54 Å². The summed E-state index contributed by atoms with van der Waals surface area (Å²) in [7, 11) is 0. The number of hydrogen-bond donors (Lipinski definition) is 1. The molecule has 1 aromatic carbocycles. The molecule has 1 aliphatic heterocycles. The molecule has 0 spiro atoms. The van der Waals surface area contributed by atoms with E-state index in [4.69, 9.17) is 4.52 Å². The summed E-state index contributed by atoms with van der Waals surface area (Å²) in [5.74, 6) is 0.972. The van der Waals surface area contributed by atoms with Gasteiger partial charge in [-0.1, -0.05) is 35.5 Å². The van der Waals surface area contributed by atoms with E-state index < -0.39 is 0 Å². The quantitative estimate of drug-likeness (QED) is 0.915. The number of benzene rings is 1. The minimum Gasteiger partial charge on any atom is -0.340 e. The van der Waals surface area contributed by atoms with Gasteiger partial charge in [-0.2, -0.15) is 0 Å². The van der Waals surface area contributed by atoms with Crippen molar-refractivity contribution < 1.29 is 4.52 Å². The molecule has 1 aromatic heterocycles. The van der Waals surface area contributed by atoms with Gasteiger partial charge in [0.25, 0.3) is 0 Å². The minimum atomic E-state index is 0.690. The molecule has 1 aliphatic carbocycles. The maximum Gasteiger partial charge on any atom is 0.232 e. The largest absolute Gasteiger partial charge is 0.340 e. The Morgan fingerprint density at radius 2 is 1.90 bits per heavy atom. The number of nitrogens with zero attached hydrogens (tertiary/aromatic N) is 2. The third-order valence-corrected chi connectivity index (χ3v) is 4.35. The highest BCUT2D eigenvalue weighted by Gasteiger charge is 2.27. The summed E-state index contributed by atoms with van der Waals surface area (Å²) in [5, 5.41) is 7.98. The zero-order chi connectivity index (χ0) is 14.1. The van der Waals surface area contributed by atoms with Crippen molar-refractivity contribution >= 4 is 5.88 Å². The van der Waals surface area contributed by atoms with Gasteiger partial charge in [-0.3, -0.25) is 0 Å². The van der Waals surface area contributed by atoms with Gasteiger partial charge in [-0.05, 0) is 25.7 Å². The van der Waals surface area contributed by atoms with Crippen LogP contribution >= 0.6 is 0 Å². The smallest absolute Gasteiger partial charge is 0.232 e. The first-order valence-electron chi connectivity index (χ1n) is 7.94. The number of aromatic nitrogens is 1. The highest BCUT2D eigenvalue weighted by molar-refractivity contribution is 5.68. The average molecular weight is 283 g/mol. The van der Waals surface area contributed by atoms with Crippen molar-refractivity contribution in [2.45, 2.75) is 38.3 Å². The monoisotopic (exact) mass is 283 g/mol. The van der Waals surface area contributed by atoms with Gasteiger partial charge in [-0.15, -0.1) is 0 Å². The van der Waals surface area contributed by atoms with Crippen LogP contribution in [0, 0.1) is 0 Å². The van der Waals surface area contributed by atoms with Gasteiger partial charge < -0.3 is 14.7 Å². The van der Waals surface area contributed by atoms with Gasteiger partial charge in [-0.25, -0.2) is 0 Å². The molecule has 0 unspecified atom stereocenters. The van der Waals surface area contributed by atoms with E-state index in [0.29, 0.717) is 6.04 Å². The van der Waals surface area contributed by atoms with Crippen LogP contribution in [0.3, 0.4) is 0 Å². The summed E-state index contributed by atoms with van der Waals surface area (Å²) in [5.41, 5.74) is 3.35. The maximum atomic E-state index is 5.72. The molecule has 0 atom stereocenters. The van der Waals surface area contributed by atoms with Crippen molar-refractivity contribution in [1.82, 2.24) is 10.5 Å². The Morgan fingerprint density at radius 1 is 1.14 bits per heavy atom. The molecule has 0 radical (unpaired) electrons. The lowest BCUT2D eigenvalue weighted by molar-refractivity contribution is 0.421. The van der Waals surface area contributed by atoms with Crippen molar-refractivity contribution in [2.24, 2.45) is 0 Å². The third-order valence-electron chi connectivity index (χ3n) is 4.35. The van der Waals surface area contributed by atoms with Crippen LogP contribution in [0.4, 0.5) is 5.88 Å². The molecular formula is C17H21N3O. The Bertz CT molecular complexity index is 598. The molecule has 21 heavy (non-hydrogen) atoms. The highest BCUT2D eigenvalue weighted by Crippen LogP contribution is 2.33. The van der Waals surface area contributed by atoms with Gasteiger partial charge in [0, 0.05) is 31.2 Å². The van der Waals surface area contributed by atoms with Crippen molar-refractivity contribution in [3.63, 3.8) is 0 Å². The second-order valence-corrected chi connectivity index (χ2v) is 6.03. The second kappa shape index (κ2) is 5.53. The van der Waals surface area contributed by atoms with E-state index in [1.165, 1.54) is 31.2 Å². The molecule has 110 valence electrons. The molecule has 2 aromatic rings. The van der Waals surface area contributed by atoms with Gasteiger partial charge in [0.15, 0.2) is 0 Å². The molecular weight excluding hydrogens is 262 g/mol. The third kappa shape index (κ3) is 2.68. The van der Waals surface area contributed by atoms with Crippen LogP contribution in [0.5, 0.6) is 0 Å². The first-order valence-corrected chi connectivity index (χ1v) is 7.94. The van der Waals surface area contributed by atoms with Crippen molar-refractivity contribution in [2.75, 3.05) is 18.0 Å². The Morgan fingerprint density at radius 3 is 2.62 bits per heavy atom. The van der Waals surface area contributed by atoms with Crippen molar-refractivity contribution in [1.29, 1.82) is 0 Å². The first-order chi connectivity index (χ1) is 10.4. The van der Waals surface area contributed by atoms with E-state index >= 15 is 0 Å². The van der Waals surface area contributed by atoms with Crippen LogP contribution in [0.1, 0.15) is 31.2 Å². The summed E-state index contributed by atoms with van der Waals surface area (Å²) in [6.07, 6.45) is 5.09. The SMILES string of the molecule is c1ccc(-c2noc(N3CCCC3)c2CNC2CC2)cc1. The van der Waals surface area contributed by atoms with Crippen LogP contribution in [-0.4, -0.2) is 24.3 Å². The lowest BCUT2D eigenvalue weighted by Gasteiger charge is -2.15. The van der Waals surface area contributed by atoms with Crippen LogP contribution < -0.4 is 10.2 Å². The Balaban J connectivity index is 1.67. The number of nitrogens with one attached hydrogen (secondary N) is 1. The summed E-state index contributed by atoms with van der Waals surface area (Å²) in [6.45, 7) is 3.02. The Hall–Kier alpha value is -1.81. The van der Waals surface area contributed by atoms with E-state index in [1.54, 1.807) is 0 Å². The maximum absolute atomic E-state index is 5.72. The van der Waals surface area contributed by atoms with E-state index in [-0.39, 0.29) is 0 Å². The van der Waals surface area contributed by atoms with Crippen LogP contribution in [0.15, 0.2) is 34.9 Å². The summed E-state index contributed by atoms with van der Waals surface area (Å²) < 4.78 is 5.72. The molecule has 1 saturated heterocycles. The molecule has 2 heterocycles. The molecule has 1 saturated carbocycles. The summed E-state index contributed by atoms with van der Waals surface area (Å²) >= 11 is 0. The normalized spacial score (nSPS) is 18.4. The van der Waals surface area contributed by atoms with E-state index in [2.05, 4.69) is 39.6 Å².